The zero-order valence-electron chi connectivity index (χ0n) is 22.2. The summed E-state index contributed by atoms with van der Waals surface area (Å²) >= 11 is 0. The molecule has 4 nitrogen and oxygen atoms in total. The van der Waals surface area contributed by atoms with Crippen LogP contribution >= 0.6 is 0 Å². The summed E-state index contributed by atoms with van der Waals surface area (Å²) in [5, 5.41) is 0. The van der Waals surface area contributed by atoms with Gasteiger partial charge in [0, 0.05) is 18.5 Å². The van der Waals surface area contributed by atoms with Gasteiger partial charge in [-0.2, -0.15) is 26.3 Å². The summed E-state index contributed by atoms with van der Waals surface area (Å²) in [6.45, 7) is 1.15. The quantitative estimate of drug-likeness (QED) is 0.140. The van der Waals surface area contributed by atoms with Crippen LogP contribution in [0.25, 0.3) is 28.3 Å². The molecule has 3 aromatic carbocycles. The Kier molecular flexibility index (Phi) is 11.0. The zero-order chi connectivity index (χ0) is 30.0. The second kappa shape index (κ2) is 14.2. The molecule has 0 spiro atoms. The summed E-state index contributed by atoms with van der Waals surface area (Å²) in [7, 11) is 0. The molecule has 0 saturated heterocycles. The lowest BCUT2D eigenvalue weighted by atomic mass is 9.94. The van der Waals surface area contributed by atoms with E-state index in [9.17, 15) is 26.3 Å². The van der Waals surface area contributed by atoms with Crippen LogP contribution in [-0.4, -0.2) is 26.2 Å². The minimum atomic E-state index is -4.65. The Hall–Kier alpha value is -3.78. The van der Waals surface area contributed by atoms with Crippen molar-refractivity contribution in [3.63, 3.8) is 0 Å². The topological polar surface area (TPSA) is 87.3 Å². The summed E-state index contributed by atoms with van der Waals surface area (Å²) < 4.78 is 88.5. The standard InChI is InChI=1S/C31H31F6N3O/c32-30(33,34)27-14-21(6-1-3-8-38)12-23(17-27)25-16-26(20-29(19-25)41-11-5-10-40)24-13-22(7-2-4-9-39)15-28(18-24)31(35,36)37/h1,6,12-20H,3-5,8-11,38-40H2/b6-1+. The van der Waals surface area contributed by atoms with Crippen molar-refractivity contribution in [2.24, 2.45) is 17.2 Å². The van der Waals surface area contributed by atoms with Crippen LogP contribution in [0.3, 0.4) is 0 Å². The highest BCUT2D eigenvalue weighted by Crippen LogP contribution is 2.38. The Morgan fingerprint density at radius 2 is 1.29 bits per heavy atom. The van der Waals surface area contributed by atoms with Crippen LogP contribution in [0.5, 0.6) is 5.75 Å². The zero-order valence-corrected chi connectivity index (χ0v) is 22.2. The first-order valence-electron chi connectivity index (χ1n) is 12.9. The number of nitrogens with two attached hydrogens (primary N) is 3. The third kappa shape index (κ3) is 9.39. The molecule has 218 valence electrons. The molecule has 10 heteroatoms. The van der Waals surface area contributed by atoms with E-state index >= 15 is 0 Å². The second-order valence-electron chi connectivity index (χ2n) is 9.20. The smallest absolute Gasteiger partial charge is 0.416 e. The van der Waals surface area contributed by atoms with Crippen LogP contribution < -0.4 is 21.9 Å². The van der Waals surface area contributed by atoms with Gasteiger partial charge >= 0.3 is 12.4 Å². The van der Waals surface area contributed by atoms with Crippen molar-refractivity contribution in [2.45, 2.75) is 31.6 Å². The molecule has 0 fully saturated rings. The Morgan fingerprint density at radius 3 is 1.88 bits per heavy atom. The van der Waals surface area contributed by atoms with Crippen LogP contribution in [0.2, 0.25) is 0 Å². The summed E-state index contributed by atoms with van der Waals surface area (Å²) in [6, 6.07) is 11.6. The molecule has 0 aromatic heterocycles. The monoisotopic (exact) mass is 575 g/mol. The van der Waals surface area contributed by atoms with Gasteiger partial charge in [0.15, 0.2) is 0 Å². The maximum absolute atomic E-state index is 13.8. The van der Waals surface area contributed by atoms with Gasteiger partial charge in [-0.05, 0) is 108 Å². The van der Waals surface area contributed by atoms with Crippen molar-refractivity contribution < 1.29 is 31.1 Å². The normalized spacial score (nSPS) is 11.9. The maximum Gasteiger partial charge on any atom is 0.416 e. The molecule has 0 aliphatic carbocycles. The molecule has 3 rings (SSSR count). The van der Waals surface area contributed by atoms with E-state index in [-0.39, 0.29) is 35.6 Å². The van der Waals surface area contributed by atoms with Gasteiger partial charge in [0.05, 0.1) is 17.7 Å². The minimum Gasteiger partial charge on any atom is -0.494 e. The van der Waals surface area contributed by atoms with Gasteiger partial charge in [-0.15, -0.1) is 0 Å². The van der Waals surface area contributed by atoms with E-state index in [0.29, 0.717) is 49.0 Å². The van der Waals surface area contributed by atoms with E-state index in [1.54, 1.807) is 30.4 Å². The second-order valence-corrected chi connectivity index (χ2v) is 9.20. The van der Waals surface area contributed by atoms with Crippen LogP contribution in [0.4, 0.5) is 26.3 Å². The Labute approximate surface area is 235 Å². The number of halogens is 6. The lowest BCUT2D eigenvalue weighted by molar-refractivity contribution is -0.138. The van der Waals surface area contributed by atoms with Crippen LogP contribution in [0.15, 0.2) is 60.7 Å². The number of ether oxygens (including phenoxy) is 1. The van der Waals surface area contributed by atoms with Gasteiger partial charge in [-0.25, -0.2) is 0 Å². The molecule has 0 bridgehead atoms. The van der Waals surface area contributed by atoms with Crippen molar-refractivity contribution in [2.75, 3.05) is 26.2 Å². The fourth-order valence-electron chi connectivity index (χ4n) is 3.95. The van der Waals surface area contributed by atoms with Crippen molar-refractivity contribution in [1.29, 1.82) is 0 Å². The molecule has 0 radical (unpaired) electrons. The molecular formula is C31H31F6N3O. The van der Waals surface area contributed by atoms with Crippen molar-refractivity contribution in [3.8, 4) is 39.8 Å². The van der Waals surface area contributed by atoms with Gasteiger partial charge in [-0.3, -0.25) is 0 Å². The number of alkyl halides is 6. The van der Waals surface area contributed by atoms with E-state index in [2.05, 4.69) is 11.8 Å². The Morgan fingerprint density at radius 1 is 0.683 bits per heavy atom. The average molecular weight is 576 g/mol. The first-order chi connectivity index (χ1) is 19.4. The third-order valence-electron chi connectivity index (χ3n) is 5.88. The predicted molar refractivity (Wildman–Crippen MR) is 150 cm³/mol. The van der Waals surface area contributed by atoms with E-state index in [4.69, 9.17) is 21.9 Å². The average Bonchev–Trinajstić information content (AvgIpc) is 2.92. The van der Waals surface area contributed by atoms with Gasteiger partial charge in [-0.1, -0.05) is 24.0 Å². The van der Waals surface area contributed by atoms with Crippen molar-refractivity contribution in [3.05, 3.63) is 82.9 Å². The molecule has 0 unspecified atom stereocenters. The molecule has 0 amide bonds. The SMILES string of the molecule is NCCC#Cc1cc(-c2cc(OCCCN)cc(-c3cc(/C=C/CCN)cc(C(F)(F)F)c3)c2)cc(C(F)(F)F)c1. The largest absolute Gasteiger partial charge is 0.494 e. The van der Waals surface area contributed by atoms with Crippen molar-refractivity contribution in [1.82, 2.24) is 0 Å². The van der Waals surface area contributed by atoms with E-state index < -0.39 is 23.5 Å². The van der Waals surface area contributed by atoms with Gasteiger partial charge in [0.1, 0.15) is 5.75 Å². The van der Waals surface area contributed by atoms with Crippen LogP contribution in [0.1, 0.15) is 41.5 Å². The number of hydrogen-bond acceptors (Lipinski definition) is 4. The molecule has 0 heterocycles. The summed E-state index contributed by atoms with van der Waals surface area (Å²) in [4.78, 5) is 0. The molecule has 0 saturated carbocycles. The fraction of sp³-hybridized carbons (Fsp3) is 0.290. The van der Waals surface area contributed by atoms with Gasteiger partial charge in [0.25, 0.3) is 0 Å². The van der Waals surface area contributed by atoms with Gasteiger partial charge < -0.3 is 21.9 Å². The number of rotatable bonds is 10. The van der Waals surface area contributed by atoms with Gasteiger partial charge in [0.2, 0.25) is 0 Å². The van der Waals surface area contributed by atoms with Crippen molar-refractivity contribution >= 4 is 6.08 Å². The first-order valence-corrected chi connectivity index (χ1v) is 12.9. The van der Waals surface area contributed by atoms with E-state index in [0.717, 1.165) is 24.3 Å². The molecule has 0 atom stereocenters. The van der Waals surface area contributed by atoms with Crippen LogP contribution in [-0.2, 0) is 12.4 Å². The fourth-order valence-corrected chi connectivity index (χ4v) is 3.95. The Balaban J connectivity index is 2.24. The highest BCUT2D eigenvalue weighted by atomic mass is 19.4. The summed E-state index contributed by atoms with van der Waals surface area (Å²) in [6.07, 6.45) is -4.76. The lowest BCUT2D eigenvalue weighted by Gasteiger charge is -2.16. The molecule has 6 N–H and O–H groups in total. The maximum atomic E-state index is 13.8. The summed E-state index contributed by atoms with van der Waals surface area (Å²) in [5.74, 6) is 5.72. The molecule has 3 aromatic rings. The molecular weight excluding hydrogens is 544 g/mol. The minimum absolute atomic E-state index is 0.130. The highest BCUT2D eigenvalue weighted by Gasteiger charge is 2.32. The van der Waals surface area contributed by atoms with E-state index in [1.165, 1.54) is 12.1 Å². The number of benzene rings is 3. The molecule has 0 aliphatic heterocycles. The Bertz CT molecular complexity index is 1420. The van der Waals surface area contributed by atoms with Crippen LogP contribution in [0, 0.1) is 11.8 Å². The highest BCUT2D eigenvalue weighted by molar-refractivity contribution is 5.78. The molecule has 0 aliphatic rings. The number of hydrogen-bond donors (Lipinski definition) is 3. The third-order valence-corrected chi connectivity index (χ3v) is 5.88. The first kappa shape index (κ1) is 31.7. The molecule has 41 heavy (non-hydrogen) atoms. The van der Waals surface area contributed by atoms with E-state index in [1.807, 2.05) is 0 Å². The lowest BCUT2D eigenvalue weighted by Crippen LogP contribution is -2.07. The summed E-state index contributed by atoms with van der Waals surface area (Å²) in [5.41, 5.74) is 16.2. The predicted octanol–water partition coefficient (Wildman–Crippen LogP) is 6.85.